The van der Waals surface area contributed by atoms with Gasteiger partial charge in [-0.1, -0.05) is 36.4 Å². The van der Waals surface area contributed by atoms with Gasteiger partial charge in [0.25, 0.3) is 5.91 Å². The van der Waals surface area contributed by atoms with E-state index in [2.05, 4.69) is 33.4 Å². The number of carbonyl (C=O) groups excluding carboxylic acids is 1. The summed E-state index contributed by atoms with van der Waals surface area (Å²) in [6.45, 7) is 0.907. The zero-order valence-corrected chi connectivity index (χ0v) is 14.1. The van der Waals surface area contributed by atoms with Gasteiger partial charge in [0.2, 0.25) is 0 Å². The molecule has 0 aliphatic carbocycles. The van der Waals surface area contributed by atoms with Crippen LogP contribution in [0.15, 0.2) is 58.4 Å². The molecule has 3 rings (SSSR count). The Morgan fingerprint density at radius 2 is 1.91 bits per heavy atom. The summed E-state index contributed by atoms with van der Waals surface area (Å²) >= 11 is 4.77. The smallest absolute Gasteiger partial charge is 0.261 e. The van der Waals surface area contributed by atoms with E-state index in [1.165, 1.54) is 11.3 Å². The van der Waals surface area contributed by atoms with Gasteiger partial charge in [-0.05, 0) is 39.5 Å². The maximum atomic E-state index is 11.9. The molecule has 2 aromatic carbocycles. The molecule has 5 heteroatoms. The molecule has 0 bridgehead atoms. The molecule has 0 spiro atoms. The van der Waals surface area contributed by atoms with E-state index in [0.29, 0.717) is 18.0 Å². The van der Waals surface area contributed by atoms with Gasteiger partial charge in [-0.2, -0.15) is 0 Å². The van der Waals surface area contributed by atoms with Gasteiger partial charge in [-0.15, -0.1) is 11.3 Å². The van der Waals surface area contributed by atoms with Crippen LogP contribution >= 0.6 is 27.3 Å². The summed E-state index contributed by atoms with van der Waals surface area (Å²) in [5.74, 6) is 0.767. The molecule has 0 saturated carbocycles. The number of nitrogens with one attached hydrogen (secondary N) is 1. The Labute approximate surface area is 141 Å². The highest BCUT2D eigenvalue weighted by Gasteiger charge is 2.07. The Hall–Kier alpha value is -1.85. The molecule has 3 nitrogen and oxygen atoms in total. The van der Waals surface area contributed by atoms with E-state index >= 15 is 0 Å². The van der Waals surface area contributed by atoms with Crippen molar-refractivity contribution in [2.45, 2.75) is 0 Å². The molecule has 0 saturated heterocycles. The van der Waals surface area contributed by atoms with Crippen LogP contribution in [-0.2, 0) is 0 Å². The fourth-order valence-corrected chi connectivity index (χ4v) is 3.47. The second-order valence-corrected chi connectivity index (χ2v) is 7.15. The molecule has 0 aliphatic rings. The van der Waals surface area contributed by atoms with Crippen molar-refractivity contribution in [2.24, 2.45) is 0 Å². The van der Waals surface area contributed by atoms with Crippen molar-refractivity contribution in [3.8, 4) is 5.75 Å². The first-order chi connectivity index (χ1) is 10.7. The summed E-state index contributed by atoms with van der Waals surface area (Å²) in [5.41, 5.74) is 0. The molecule has 112 valence electrons. The lowest BCUT2D eigenvalue weighted by molar-refractivity contribution is 0.0951. The maximum absolute atomic E-state index is 11.9. The van der Waals surface area contributed by atoms with Crippen molar-refractivity contribution in [3.05, 3.63) is 63.3 Å². The molecule has 22 heavy (non-hydrogen) atoms. The maximum Gasteiger partial charge on any atom is 0.261 e. The third-order valence-electron chi connectivity index (χ3n) is 3.19. The fraction of sp³-hybridized carbons (Fsp3) is 0.118. The highest BCUT2D eigenvalue weighted by molar-refractivity contribution is 9.11. The molecular formula is C17H14BrNO2S. The van der Waals surface area contributed by atoms with Crippen molar-refractivity contribution in [1.82, 2.24) is 5.32 Å². The minimum Gasteiger partial charge on any atom is -0.491 e. The summed E-state index contributed by atoms with van der Waals surface area (Å²) in [7, 11) is 0. The minimum atomic E-state index is -0.0720. The van der Waals surface area contributed by atoms with Crippen LogP contribution in [0.4, 0.5) is 0 Å². The predicted octanol–water partition coefficient (Wildman–Crippen LogP) is 4.47. The highest BCUT2D eigenvalue weighted by Crippen LogP contribution is 2.25. The van der Waals surface area contributed by atoms with Gasteiger partial charge in [0.05, 0.1) is 15.2 Å². The molecule has 0 radical (unpaired) electrons. The number of halogens is 1. The van der Waals surface area contributed by atoms with Gasteiger partial charge < -0.3 is 10.1 Å². The molecular weight excluding hydrogens is 362 g/mol. The van der Waals surface area contributed by atoms with Gasteiger partial charge in [0, 0.05) is 5.39 Å². The Bertz CT molecular complexity index is 795. The molecule has 0 fully saturated rings. The van der Waals surface area contributed by atoms with Crippen molar-refractivity contribution < 1.29 is 9.53 Å². The monoisotopic (exact) mass is 375 g/mol. The number of thiophene rings is 1. The molecule has 1 N–H and O–H groups in total. The first-order valence-corrected chi connectivity index (χ1v) is 8.49. The SMILES string of the molecule is O=C(NCCOc1cccc2ccccc12)c1ccc(Br)s1. The number of carbonyl (C=O) groups is 1. The molecule has 1 aromatic heterocycles. The third-order valence-corrected chi connectivity index (χ3v) is 4.81. The lowest BCUT2D eigenvalue weighted by Crippen LogP contribution is -2.27. The zero-order chi connectivity index (χ0) is 15.4. The number of benzene rings is 2. The molecule has 0 atom stereocenters. The van der Waals surface area contributed by atoms with E-state index in [1.54, 1.807) is 6.07 Å². The van der Waals surface area contributed by atoms with Crippen LogP contribution in [0.3, 0.4) is 0 Å². The van der Waals surface area contributed by atoms with Crippen molar-refractivity contribution >= 4 is 43.9 Å². The Kier molecular flexibility index (Phi) is 4.75. The first-order valence-electron chi connectivity index (χ1n) is 6.88. The summed E-state index contributed by atoms with van der Waals surface area (Å²) in [4.78, 5) is 12.6. The van der Waals surface area contributed by atoms with E-state index in [0.717, 1.165) is 20.3 Å². The van der Waals surface area contributed by atoms with E-state index in [4.69, 9.17) is 4.74 Å². The Morgan fingerprint density at radius 1 is 1.09 bits per heavy atom. The second kappa shape index (κ2) is 6.94. The van der Waals surface area contributed by atoms with Crippen molar-refractivity contribution in [1.29, 1.82) is 0 Å². The number of fused-ring (bicyclic) bond motifs is 1. The Morgan fingerprint density at radius 3 is 2.73 bits per heavy atom. The standard InChI is InChI=1S/C17H14BrNO2S/c18-16-9-8-15(22-16)17(20)19-10-11-21-14-7-3-5-12-4-1-2-6-13(12)14/h1-9H,10-11H2,(H,19,20). The van der Waals surface area contributed by atoms with Gasteiger partial charge in [0.1, 0.15) is 12.4 Å². The third kappa shape index (κ3) is 3.48. The van der Waals surface area contributed by atoms with Gasteiger partial charge in [-0.25, -0.2) is 0 Å². The fourth-order valence-electron chi connectivity index (χ4n) is 2.17. The molecule has 0 unspecified atom stereocenters. The van der Waals surface area contributed by atoms with Crippen LogP contribution in [0, 0.1) is 0 Å². The average molecular weight is 376 g/mol. The summed E-state index contributed by atoms with van der Waals surface area (Å²) in [5, 5.41) is 5.08. The van der Waals surface area contributed by atoms with Crippen LogP contribution in [0.25, 0.3) is 10.8 Å². The van der Waals surface area contributed by atoms with Gasteiger partial charge in [-0.3, -0.25) is 4.79 Å². The van der Waals surface area contributed by atoms with Crippen LogP contribution in [-0.4, -0.2) is 19.1 Å². The number of hydrogen-bond acceptors (Lipinski definition) is 3. The number of ether oxygens (including phenoxy) is 1. The topological polar surface area (TPSA) is 38.3 Å². The van der Waals surface area contributed by atoms with Crippen LogP contribution in [0.2, 0.25) is 0 Å². The average Bonchev–Trinajstić information content (AvgIpc) is 2.98. The second-order valence-electron chi connectivity index (χ2n) is 4.69. The molecule has 3 aromatic rings. The highest BCUT2D eigenvalue weighted by atomic mass is 79.9. The largest absolute Gasteiger partial charge is 0.491 e. The van der Waals surface area contributed by atoms with Crippen LogP contribution < -0.4 is 10.1 Å². The lowest BCUT2D eigenvalue weighted by Gasteiger charge is -2.09. The number of rotatable bonds is 5. The molecule has 1 amide bonds. The van der Waals surface area contributed by atoms with E-state index < -0.39 is 0 Å². The van der Waals surface area contributed by atoms with Gasteiger partial charge >= 0.3 is 0 Å². The van der Waals surface area contributed by atoms with Gasteiger partial charge in [0.15, 0.2) is 0 Å². The van der Waals surface area contributed by atoms with Crippen molar-refractivity contribution in [3.63, 3.8) is 0 Å². The molecule has 1 heterocycles. The number of hydrogen-bond donors (Lipinski definition) is 1. The first kappa shape index (κ1) is 15.1. The van der Waals surface area contributed by atoms with Crippen molar-refractivity contribution in [2.75, 3.05) is 13.2 Å². The Balaban J connectivity index is 1.55. The van der Waals surface area contributed by atoms with E-state index in [-0.39, 0.29) is 5.91 Å². The summed E-state index contributed by atoms with van der Waals surface area (Å²) in [6.07, 6.45) is 0. The van der Waals surface area contributed by atoms with E-state index in [9.17, 15) is 4.79 Å². The van der Waals surface area contributed by atoms with E-state index in [1.807, 2.05) is 36.4 Å². The van der Waals surface area contributed by atoms with Crippen LogP contribution in [0.1, 0.15) is 9.67 Å². The van der Waals surface area contributed by atoms with Crippen LogP contribution in [0.5, 0.6) is 5.75 Å². The quantitative estimate of drug-likeness (QED) is 0.667. The zero-order valence-electron chi connectivity index (χ0n) is 11.7. The summed E-state index contributed by atoms with van der Waals surface area (Å²) < 4.78 is 6.74. The summed E-state index contributed by atoms with van der Waals surface area (Å²) in [6, 6.07) is 17.7. The molecule has 0 aliphatic heterocycles. The minimum absolute atomic E-state index is 0.0720. The lowest BCUT2D eigenvalue weighted by atomic mass is 10.1. The predicted molar refractivity (Wildman–Crippen MR) is 93.8 cm³/mol. The normalized spacial score (nSPS) is 10.6. The number of amides is 1.